The molecule has 0 aliphatic heterocycles. The molecule has 0 saturated carbocycles. The van der Waals surface area contributed by atoms with Gasteiger partial charge >= 0.3 is 0 Å². The molecule has 4 rings (SSSR count). The molecule has 0 spiro atoms. The minimum atomic E-state index is 1.21. The fraction of sp³-hybridized carbons (Fsp3) is 0.143. The van der Waals surface area contributed by atoms with Crippen molar-refractivity contribution in [3.05, 3.63) is 121 Å². The van der Waals surface area contributed by atoms with E-state index in [-0.39, 0.29) is 0 Å². The first-order chi connectivity index (χ1) is 18.5. The van der Waals surface area contributed by atoms with E-state index in [2.05, 4.69) is 142 Å². The second-order valence-corrected chi connectivity index (χ2v) is 15.9. The van der Waals surface area contributed by atoms with Crippen LogP contribution in [0.15, 0.2) is 121 Å². The molecule has 4 nitrogen and oxygen atoms in total. The van der Waals surface area contributed by atoms with E-state index in [1.165, 1.54) is 22.7 Å². The van der Waals surface area contributed by atoms with Crippen molar-refractivity contribution in [2.75, 3.05) is 45.4 Å². The molecule has 0 unspecified atom stereocenters. The van der Waals surface area contributed by atoms with Crippen molar-refractivity contribution in [3.63, 3.8) is 0 Å². The van der Waals surface area contributed by atoms with Crippen LogP contribution in [0, 0.1) is 0 Å². The van der Waals surface area contributed by atoms with Crippen LogP contribution in [0.3, 0.4) is 0 Å². The zero-order valence-corrected chi connectivity index (χ0v) is 26.7. The molecule has 0 radical (unpaired) electrons. The molecule has 0 saturated heterocycles. The summed E-state index contributed by atoms with van der Waals surface area (Å²) in [5.74, 6) is 0. The van der Waals surface area contributed by atoms with Gasteiger partial charge in [-0.05, 0) is 48.5 Å². The highest BCUT2D eigenvalue weighted by Crippen LogP contribution is 2.42. The second-order valence-electron chi connectivity index (χ2n) is 7.77. The zero-order chi connectivity index (χ0) is 27.0. The third-order valence-corrected chi connectivity index (χ3v) is 12.6. The number of benzene rings is 4. The van der Waals surface area contributed by atoms with Gasteiger partial charge in [-0.3, -0.25) is 0 Å². The van der Waals surface area contributed by atoms with Gasteiger partial charge in [0.2, 0.25) is 0 Å². The van der Waals surface area contributed by atoms with Crippen LogP contribution in [0.4, 0.5) is 22.7 Å². The minimum absolute atomic E-state index is 1.21. The lowest BCUT2D eigenvalue weighted by atomic mass is 10.3. The molecule has 0 aliphatic rings. The molecule has 0 heterocycles. The van der Waals surface area contributed by atoms with Crippen LogP contribution in [0.1, 0.15) is 0 Å². The van der Waals surface area contributed by atoms with Crippen molar-refractivity contribution in [1.29, 1.82) is 0 Å². The molecule has 0 atom stereocenters. The summed E-state index contributed by atoms with van der Waals surface area (Å²) in [6.07, 6.45) is 0. The van der Waals surface area contributed by atoms with E-state index in [1.54, 1.807) is 63.6 Å². The van der Waals surface area contributed by atoms with E-state index in [0.717, 1.165) is 0 Å². The Bertz CT molecular complexity index is 959. The fourth-order valence-electron chi connectivity index (χ4n) is 2.93. The van der Waals surface area contributed by atoms with Gasteiger partial charge in [0.05, 0.1) is 0 Å². The Morgan fingerprint density at radius 2 is 0.500 bits per heavy atom. The Balaban J connectivity index is 0.000000211. The first-order valence-electron chi connectivity index (χ1n) is 11.7. The molecule has 0 fully saturated rings. The molecule has 38 heavy (non-hydrogen) atoms. The van der Waals surface area contributed by atoms with Gasteiger partial charge in [-0.1, -0.05) is 72.8 Å². The van der Waals surface area contributed by atoms with Crippen LogP contribution in [-0.2, 0) is 0 Å². The molecule has 4 aromatic carbocycles. The minimum Gasteiger partial charge on any atom is -0.310 e. The van der Waals surface area contributed by atoms with Gasteiger partial charge in [0.15, 0.2) is 0 Å². The van der Waals surface area contributed by atoms with Crippen LogP contribution in [0.5, 0.6) is 0 Å². The van der Waals surface area contributed by atoms with Crippen molar-refractivity contribution in [1.82, 2.24) is 0 Å². The van der Waals surface area contributed by atoms with Crippen LogP contribution in [0.25, 0.3) is 0 Å². The normalized spacial score (nSPS) is 10.2. The number of hydrogen-bond acceptors (Lipinski definition) is 10. The summed E-state index contributed by atoms with van der Waals surface area (Å²) in [7, 11) is 18.7. The highest BCUT2D eigenvalue weighted by atomic mass is 33.5. The van der Waals surface area contributed by atoms with Gasteiger partial charge in [-0.2, -0.15) is 0 Å². The maximum absolute atomic E-state index is 2.16. The monoisotopic (exact) mass is 616 g/mol. The molecule has 4 aromatic rings. The molecular formula is C28H32N4S6. The Kier molecular flexibility index (Phi) is 14.3. The van der Waals surface area contributed by atoms with E-state index >= 15 is 0 Å². The first kappa shape index (κ1) is 30.7. The van der Waals surface area contributed by atoms with Crippen LogP contribution >= 0.6 is 63.6 Å². The summed E-state index contributed by atoms with van der Waals surface area (Å²) in [6.45, 7) is 0. The summed E-state index contributed by atoms with van der Waals surface area (Å²) in [5, 5.41) is 0. The van der Waals surface area contributed by atoms with Crippen LogP contribution in [-0.4, -0.2) is 28.2 Å². The second kappa shape index (κ2) is 17.7. The fourth-order valence-corrected chi connectivity index (χ4v) is 10.3. The smallest absolute Gasteiger partial charge is 0.0474 e. The Labute approximate surface area is 251 Å². The van der Waals surface area contributed by atoms with E-state index in [4.69, 9.17) is 0 Å². The average Bonchev–Trinajstić information content (AvgIpc) is 2.99. The predicted molar refractivity (Wildman–Crippen MR) is 185 cm³/mol. The molecule has 200 valence electrons. The number of nitrogens with zero attached hydrogens (tertiary/aromatic N) is 4. The van der Waals surface area contributed by atoms with Crippen molar-refractivity contribution in [3.8, 4) is 0 Å². The molecule has 0 aromatic heterocycles. The summed E-state index contributed by atoms with van der Waals surface area (Å²) in [4.78, 5) is 0. The van der Waals surface area contributed by atoms with Gasteiger partial charge in [0, 0.05) is 115 Å². The zero-order valence-electron chi connectivity index (χ0n) is 21.8. The summed E-state index contributed by atoms with van der Waals surface area (Å²) >= 11 is 0. The van der Waals surface area contributed by atoms with Crippen molar-refractivity contribution in [2.45, 2.75) is 0 Å². The highest BCUT2D eigenvalue weighted by Gasteiger charge is 2.06. The highest BCUT2D eigenvalue weighted by molar-refractivity contribution is 9.10. The van der Waals surface area contributed by atoms with Gasteiger partial charge in [0.25, 0.3) is 0 Å². The largest absolute Gasteiger partial charge is 0.310 e. The lowest BCUT2D eigenvalue weighted by Crippen LogP contribution is -2.06. The van der Waals surface area contributed by atoms with Crippen molar-refractivity contribution in [2.24, 2.45) is 0 Å². The van der Waals surface area contributed by atoms with Crippen LogP contribution in [0.2, 0.25) is 0 Å². The maximum atomic E-state index is 2.16. The van der Waals surface area contributed by atoms with Gasteiger partial charge in [-0.15, -0.1) is 0 Å². The van der Waals surface area contributed by atoms with E-state index in [0.29, 0.717) is 0 Å². The third kappa shape index (κ3) is 11.1. The maximum Gasteiger partial charge on any atom is 0.0474 e. The lowest BCUT2D eigenvalue weighted by Gasteiger charge is -2.19. The number of rotatable bonds is 12. The third-order valence-electron chi connectivity index (χ3n) is 5.05. The molecule has 0 N–H and O–H groups in total. The van der Waals surface area contributed by atoms with E-state index in [1.807, 2.05) is 24.3 Å². The van der Waals surface area contributed by atoms with E-state index < -0.39 is 0 Å². The summed E-state index contributed by atoms with van der Waals surface area (Å²) < 4.78 is 8.65. The summed E-state index contributed by atoms with van der Waals surface area (Å²) in [6, 6.07) is 41.5. The van der Waals surface area contributed by atoms with E-state index in [9.17, 15) is 0 Å². The number of para-hydroxylation sites is 4. The lowest BCUT2D eigenvalue weighted by molar-refractivity contribution is 1.37. The molecule has 10 heteroatoms. The van der Waals surface area contributed by atoms with Gasteiger partial charge in [-0.25, -0.2) is 0 Å². The number of anilines is 4. The first-order valence-corrected chi connectivity index (χ1v) is 18.5. The predicted octanol–water partition coefficient (Wildman–Crippen LogP) is 10.2. The Morgan fingerprint density at radius 3 is 0.684 bits per heavy atom. The van der Waals surface area contributed by atoms with Gasteiger partial charge < -0.3 is 17.2 Å². The molecule has 0 aliphatic carbocycles. The van der Waals surface area contributed by atoms with Crippen molar-refractivity contribution >= 4 is 86.3 Å². The Morgan fingerprint density at radius 1 is 0.316 bits per heavy atom. The van der Waals surface area contributed by atoms with Gasteiger partial charge in [0.1, 0.15) is 0 Å². The standard InChI is InChI=1S/2C14H16N2S3/c2*1-15(13-9-5-3-6-10-13)17-19-18-16(2)14-11-7-4-8-12-14/h2*3-12H,1-2H3. The molecular weight excluding hydrogens is 585 g/mol. The quantitative estimate of drug-likeness (QED) is 0.112. The van der Waals surface area contributed by atoms with Crippen molar-refractivity contribution < 1.29 is 0 Å². The number of hydrogen-bond donors (Lipinski definition) is 0. The molecule has 0 amide bonds. The van der Waals surface area contributed by atoms with Crippen LogP contribution < -0.4 is 17.2 Å². The Hall–Kier alpha value is -1.82. The molecule has 0 bridgehead atoms. The summed E-state index contributed by atoms with van der Waals surface area (Å²) in [5.41, 5.74) is 4.84. The average molecular weight is 617 g/mol. The SMILES string of the molecule is CN(SSSN(C)c1ccccc1)c1ccccc1.CN(SSSN(C)c1ccccc1)c1ccccc1. The topological polar surface area (TPSA) is 13.0 Å².